The maximum atomic E-state index is 13.8. The summed E-state index contributed by atoms with van der Waals surface area (Å²) < 4.78 is 14.7. The Morgan fingerprint density at radius 3 is 2.71 bits per heavy atom. The minimum Gasteiger partial charge on any atom is -0.481 e. The van der Waals surface area contributed by atoms with Gasteiger partial charge in [0.1, 0.15) is 5.82 Å². The average molecular weight is 358 g/mol. The Morgan fingerprint density at radius 1 is 1.43 bits per heavy atom. The Labute approximate surface area is 133 Å². The van der Waals surface area contributed by atoms with Crippen LogP contribution in [0.4, 0.5) is 4.39 Å². The standard InChI is InChI=1S/C16H21BrFNO2/c1-10(14-8-13(17)6-7-15(14)18)19-9-11-2-4-12(5-3-11)16(20)21/h6-8,10-12,19H,2-5,9H2,1H3,(H,20,21). The molecule has 3 nitrogen and oxygen atoms in total. The van der Waals surface area contributed by atoms with Gasteiger partial charge in [0, 0.05) is 16.1 Å². The van der Waals surface area contributed by atoms with Gasteiger partial charge in [-0.2, -0.15) is 0 Å². The van der Waals surface area contributed by atoms with E-state index >= 15 is 0 Å². The molecule has 1 aliphatic rings. The number of carboxylic acids is 1. The summed E-state index contributed by atoms with van der Waals surface area (Å²) in [4.78, 5) is 10.9. The fourth-order valence-electron chi connectivity index (χ4n) is 2.91. The number of carbonyl (C=O) groups is 1. The van der Waals surface area contributed by atoms with E-state index in [1.54, 1.807) is 12.1 Å². The van der Waals surface area contributed by atoms with Crippen LogP contribution in [0.15, 0.2) is 22.7 Å². The topological polar surface area (TPSA) is 49.3 Å². The highest BCUT2D eigenvalue weighted by molar-refractivity contribution is 9.10. The zero-order valence-electron chi connectivity index (χ0n) is 12.1. The lowest BCUT2D eigenvalue weighted by molar-refractivity contribution is -0.143. The second-order valence-corrected chi connectivity index (χ2v) is 6.77. The van der Waals surface area contributed by atoms with Gasteiger partial charge in [0.2, 0.25) is 0 Å². The van der Waals surface area contributed by atoms with E-state index < -0.39 is 5.97 Å². The molecule has 1 unspecified atom stereocenters. The minimum absolute atomic E-state index is 0.0558. The van der Waals surface area contributed by atoms with Gasteiger partial charge in [-0.1, -0.05) is 15.9 Å². The monoisotopic (exact) mass is 357 g/mol. The third-order valence-electron chi connectivity index (χ3n) is 4.33. The van der Waals surface area contributed by atoms with Crippen molar-refractivity contribution in [2.24, 2.45) is 11.8 Å². The van der Waals surface area contributed by atoms with Crippen molar-refractivity contribution in [3.8, 4) is 0 Å². The molecule has 0 saturated heterocycles. The largest absolute Gasteiger partial charge is 0.481 e. The van der Waals surface area contributed by atoms with E-state index in [-0.39, 0.29) is 17.8 Å². The van der Waals surface area contributed by atoms with Gasteiger partial charge in [0.05, 0.1) is 5.92 Å². The van der Waals surface area contributed by atoms with Crippen LogP contribution in [0.3, 0.4) is 0 Å². The number of benzene rings is 1. The Kier molecular flexibility index (Phi) is 5.76. The minimum atomic E-state index is -0.675. The smallest absolute Gasteiger partial charge is 0.306 e. The highest BCUT2D eigenvalue weighted by Crippen LogP contribution is 2.29. The van der Waals surface area contributed by atoms with Crippen LogP contribution in [-0.2, 0) is 4.79 Å². The molecule has 0 spiro atoms. The first kappa shape index (κ1) is 16.4. The zero-order chi connectivity index (χ0) is 15.4. The van der Waals surface area contributed by atoms with Crippen LogP contribution >= 0.6 is 15.9 Å². The van der Waals surface area contributed by atoms with Gasteiger partial charge < -0.3 is 10.4 Å². The van der Waals surface area contributed by atoms with Gasteiger partial charge >= 0.3 is 5.97 Å². The maximum Gasteiger partial charge on any atom is 0.306 e. The Bertz CT molecular complexity index is 501. The lowest BCUT2D eigenvalue weighted by Gasteiger charge is -2.27. The van der Waals surface area contributed by atoms with Crippen LogP contribution in [0.25, 0.3) is 0 Å². The molecule has 21 heavy (non-hydrogen) atoms. The second kappa shape index (κ2) is 7.36. The third kappa shape index (κ3) is 4.51. The van der Waals surface area contributed by atoms with Crippen molar-refractivity contribution in [3.05, 3.63) is 34.1 Å². The molecule has 2 rings (SSSR count). The summed E-state index contributed by atoms with van der Waals surface area (Å²) in [5.41, 5.74) is 0.656. The predicted molar refractivity (Wildman–Crippen MR) is 83.6 cm³/mol. The molecular weight excluding hydrogens is 337 g/mol. The van der Waals surface area contributed by atoms with Crippen molar-refractivity contribution in [3.63, 3.8) is 0 Å². The molecule has 1 saturated carbocycles. The molecule has 1 aromatic carbocycles. The van der Waals surface area contributed by atoms with E-state index in [0.717, 1.165) is 36.7 Å². The lowest BCUT2D eigenvalue weighted by atomic mass is 9.82. The Morgan fingerprint density at radius 2 is 2.10 bits per heavy atom. The molecule has 0 heterocycles. The molecule has 1 fully saturated rings. The molecule has 0 aromatic heterocycles. The van der Waals surface area contributed by atoms with E-state index in [1.807, 2.05) is 6.92 Å². The molecule has 116 valence electrons. The average Bonchev–Trinajstić information content (AvgIpc) is 2.47. The first-order valence-electron chi connectivity index (χ1n) is 7.38. The van der Waals surface area contributed by atoms with E-state index in [1.165, 1.54) is 6.07 Å². The van der Waals surface area contributed by atoms with Gasteiger partial charge in [0.15, 0.2) is 0 Å². The number of aliphatic carboxylic acids is 1. The van der Waals surface area contributed by atoms with Crippen molar-refractivity contribution in [1.29, 1.82) is 0 Å². The number of halogens is 2. The van der Waals surface area contributed by atoms with Crippen molar-refractivity contribution in [2.45, 2.75) is 38.6 Å². The second-order valence-electron chi connectivity index (χ2n) is 5.85. The van der Waals surface area contributed by atoms with Crippen LogP contribution in [0, 0.1) is 17.7 Å². The number of rotatable bonds is 5. The van der Waals surface area contributed by atoms with Gasteiger partial charge in [0.25, 0.3) is 0 Å². The maximum absolute atomic E-state index is 13.8. The van der Waals surface area contributed by atoms with E-state index in [9.17, 15) is 9.18 Å². The van der Waals surface area contributed by atoms with Crippen molar-refractivity contribution < 1.29 is 14.3 Å². The molecule has 0 amide bonds. The van der Waals surface area contributed by atoms with E-state index in [0.29, 0.717) is 11.5 Å². The lowest BCUT2D eigenvalue weighted by Crippen LogP contribution is -2.30. The zero-order valence-corrected chi connectivity index (χ0v) is 13.7. The van der Waals surface area contributed by atoms with E-state index in [2.05, 4.69) is 21.2 Å². The highest BCUT2D eigenvalue weighted by atomic mass is 79.9. The summed E-state index contributed by atoms with van der Waals surface area (Å²) >= 11 is 3.36. The van der Waals surface area contributed by atoms with Crippen LogP contribution < -0.4 is 5.32 Å². The van der Waals surface area contributed by atoms with E-state index in [4.69, 9.17) is 5.11 Å². The summed E-state index contributed by atoms with van der Waals surface area (Å²) in [5.74, 6) is -0.571. The normalized spacial score (nSPS) is 23.8. The molecule has 1 atom stereocenters. The third-order valence-corrected chi connectivity index (χ3v) is 4.83. The first-order chi connectivity index (χ1) is 9.97. The molecule has 1 aliphatic carbocycles. The van der Waals surface area contributed by atoms with Crippen LogP contribution in [0.1, 0.15) is 44.2 Å². The molecule has 5 heteroatoms. The number of carboxylic acid groups (broad SMARTS) is 1. The fourth-order valence-corrected chi connectivity index (χ4v) is 3.29. The quantitative estimate of drug-likeness (QED) is 0.832. The highest BCUT2D eigenvalue weighted by Gasteiger charge is 2.26. The first-order valence-corrected chi connectivity index (χ1v) is 8.17. The summed E-state index contributed by atoms with van der Waals surface area (Å²) in [5, 5.41) is 12.4. The van der Waals surface area contributed by atoms with Gasteiger partial charge in [-0.3, -0.25) is 4.79 Å². The molecule has 0 radical (unpaired) electrons. The van der Waals surface area contributed by atoms with Crippen LogP contribution in [-0.4, -0.2) is 17.6 Å². The molecule has 2 N–H and O–H groups in total. The Balaban J connectivity index is 1.83. The van der Waals surface area contributed by atoms with Crippen molar-refractivity contribution in [1.82, 2.24) is 5.32 Å². The number of hydrogen-bond donors (Lipinski definition) is 2. The molecule has 0 aliphatic heterocycles. The summed E-state index contributed by atoms with van der Waals surface area (Å²) in [6, 6.07) is 4.91. The van der Waals surface area contributed by atoms with Gasteiger partial charge in [-0.25, -0.2) is 4.39 Å². The summed E-state index contributed by atoms with van der Waals surface area (Å²) in [7, 11) is 0. The SMILES string of the molecule is CC(NCC1CCC(C(=O)O)CC1)c1cc(Br)ccc1F. The number of nitrogens with one attached hydrogen (secondary N) is 1. The van der Waals surface area contributed by atoms with Crippen LogP contribution in [0.5, 0.6) is 0 Å². The van der Waals surface area contributed by atoms with Crippen molar-refractivity contribution >= 4 is 21.9 Å². The summed E-state index contributed by atoms with van der Waals surface area (Å²) in [6.45, 7) is 2.76. The van der Waals surface area contributed by atoms with Gasteiger partial charge in [-0.15, -0.1) is 0 Å². The number of hydrogen-bond acceptors (Lipinski definition) is 2. The molecule has 0 bridgehead atoms. The van der Waals surface area contributed by atoms with Crippen LogP contribution in [0.2, 0.25) is 0 Å². The fraction of sp³-hybridized carbons (Fsp3) is 0.562. The van der Waals surface area contributed by atoms with Gasteiger partial charge in [-0.05, 0) is 63.3 Å². The molecular formula is C16H21BrFNO2. The molecule has 1 aromatic rings. The summed E-state index contributed by atoms with van der Waals surface area (Å²) in [6.07, 6.45) is 3.36. The predicted octanol–water partition coefficient (Wildman–Crippen LogP) is 4.13. The van der Waals surface area contributed by atoms with Crippen molar-refractivity contribution in [2.75, 3.05) is 6.54 Å². The Hall–Kier alpha value is -0.940.